The van der Waals surface area contributed by atoms with Gasteiger partial charge in [0, 0.05) is 27.6 Å². The second-order valence-electron chi connectivity index (χ2n) is 15.9. The average molecular weight is 776 g/mol. The first kappa shape index (κ1) is 33.7. The van der Waals surface area contributed by atoms with Crippen molar-refractivity contribution >= 4 is 75.6 Å². The van der Waals surface area contributed by atoms with Gasteiger partial charge in [-0.05, 0) is 100 Å². The van der Waals surface area contributed by atoms with Crippen LogP contribution in [0, 0.1) is 0 Å². The van der Waals surface area contributed by atoms with E-state index in [1.165, 1.54) is 59.2 Å². The van der Waals surface area contributed by atoms with Gasteiger partial charge in [0.15, 0.2) is 17.5 Å². The van der Waals surface area contributed by atoms with Gasteiger partial charge in [0.25, 0.3) is 0 Å². The molecule has 282 valence electrons. The van der Waals surface area contributed by atoms with Gasteiger partial charge in [-0.25, -0.2) is 15.0 Å². The van der Waals surface area contributed by atoms with E-state index < -0.39 is 0 Å². The summed E-state index contributed by atoms with van der Waals surface area (Å²) in [7, 11) is 0. The molecule has 4 heteroatoms. The maximum absolute atomic E-state index is 6.23. The molecule has 0 spiro atoms. The Bertz CT molecular complexity index is 3830. The average Bonchev–Trinajstić information content (AvgIpc) is 3.77. The largest absolute Gasteiger partial charge is 0.456 e. The van der Waals surface area contributed by atoms with Crippen molar-refractivity contribution in [3.63, 3.8) is 0 Å². The number of aromatic nitrogens is 3. The van der Waals surface area contributed by atoms with E-state index in [1.54, 1.807) is 0 Å². The molecular formula is C57H33N3O. The Labute approximate surface area is 350 Å². The topological polar surface area (TPSA) is 51.8 Å². The molecule has 0 saturated heterocycles. The summed E-state index contributed by atoms with van der Waals surface area (Å²) < 4.78 is 6.23. The van der Waals surface area contributed by atoms with Gasteiger partial charge in [0.1, 0.15) is 11.3 Å². The van der Waals surface area contributed by atoms with E-state index in [2.05, 4.69) is 176 Å². The number of hydrogen-bond donors (Lipinski definition) is 0. The third-order valence-electron chi connectivity index (χ3n) is 12.4. The number of benzene rings is 10. The normalized spacial score (nSPS) is 11.9. The van der Waals surface area contributed by atoms with Crippen molar-refractivity contribution in [2.45, 2.75) is 0 Å². The van der Waals surface area contributed by atoms with E-state index in [9.17, 15) is 0 Å². The van der Waals surface area contributed by atoms with Crippen LogP contribution >= 0.6 is 0 Å². The van der Waals surface area contributed by atoms with Crippen molar-refractivity contribution in [1.82, 2.24) is 15.0 Å². The smallest absolute Gasteiger partial charge is 0.164 e. The quantitative estimate of drug-likeness (QED) is 0.163. The molecule has 2 aromatic heterocycles. The maximum atomic E-state index is 6.23. The summed E-state index contributed by atoms with van der Waals surface area (Å²) in [6, 6.07) is 71.1. The van der Waals surface area contributed by atoms with Gasteiger partial charge in [0.2, 0.25) is 0 Å². The SMILES string of the molecule is c1ccc(-c2ccccc2-c2nc(-c3ccc(-c4cc5ccccc5o4)cc3)nc(-c3cc4ccc5cccc6c7cccc8ccc9cccc(c(c3)c4c56)c9c87)n2)cc1. The first-order valence-electron chi connectivity index (χ1n) is 20.7. The monoisotopic (exact) mass is 775 g/mol. The van der Waals surface area contributed by atoms with Crippen LogP contribution in [0.2, 0.25) is 0 Å². The highest BCUT2D eigenvalue weighted by molar-refractivity contribution is 6.37. The van der Waals surface area contributed by atoms with Crippen LogP contribution in [0.15, 0.2) is 205 Å². The van der Waals surface area contributed by atoms with Crippen LogP contribution in [0.4, 0.5) is 0 Å². The summed E-state index contributed by atoms with van der Waals surface area (Å²) in [6.45, 7) is 0. The van der Waals surface area contributed by atoms with Crippen molar-refractivity contribution < 1.29 is 4.42 Å². The van der Waals surface area contributed by atoms with Crippen LogP contribution in [0.25, 0.3) is 132 Å². The molecular weight excluding hydrogens is 743 g/mol. The minimum absolute atomic E-state index is 0.600. The number of hydrogen-bond acceptors (Lipinski definition) is 4. The summed E-state index contributed by atoms with van der Waals surface area (Å²) in [5.74, 6) is 2.65. The number of rotatable bonds is 5. The van der Waals surface area contributed by atoms with Crippen molar-refractivity contribution in [3.05, 3.63) is 200 Å². The van der Waals surface area contributed by atoms with Crippen molar-refractivity contribution in [2.75, 3.05) is 0 Å². The zero-order valence-corrected chi connectivity index (χ0v) is 32.8. The van der Waals surface area contributed by atoms with Gasteiger partial charge in [-0.15, -0.1) is 0 Å². The zero-order valence-electron chi connectivity index (χ0n) is 32.8. The fourth-order valence-corrected chi connectivity index (χ4v) is 9.62. The van der Waals surface area contributed by atoms with Crippen molar-refractivity contribution in [1.29, 1.82) is 0 Å². The Morgan fingerprint density at radius 1 is 0.279 bits per heavy atom. The molecule has 0 fully saturated rings. The molecule has 61 heavy (non-hydrogen) atoms. The lowest BCUT2D eigenvalue weighted by atomic mass is 9.87. The van der Waals surface area contributed by atoms with Crippen LogP contribution in [-0.2, 0) is 0 Å². The minimum atomic E-state index is 0.600. The summed E-state index contributed by atoms with van der Waals surface area (Å²) in [6.07, 6.45) is 0. The first-order chi connectivity index (χ1) is 30.2. The Morgan fingerprint density at radius 3 is 1.46 bits per heavy atom. The van der Waals surface area contributed by atoms with Crippen LogP contribution in [0.3, 0.4) is 0 Å². The third-order valence-corrected chi connectivity index (χ3v) is 12.4. The van der Waals surface area contributed by atoms with Gasteiger partial charge in [-0.2, -0.15) is 0 Å². The van der Waals surface area contributed by atoms with Crippen LogP contribution in [-0.4, -0.2) is 15.0 Å². The molecule has 0 aliphatic carbocycles. The second-order valence-corrected chi connectivity index (χ2v) is 15.9. The first-order valence-corrected chi connectivity index (χ1v) is 20.7. The molecule has 4 nitrogen and oxygen atoms in total. The summed E-state index contributed by atoms with van der Waals surface area (Å²) in [4.78, 5) is 15.9. The van der Waals surface area contributed by atoms with Gasteiger partial charge in [-0.1, -0.05) is 176 Å². The van der Waals surface area contributed by atoms with Gasteiger partial charge >= 0.3 is 0 Å². The van der Waals surface area contributed by atoms with E-state index in [0.29, 0.717) is 17.5 Å². The lowest BCUT2D eigenvalue weighted by Crippen LogP contribution is -2.01. The molecule has 0 saturated carbocycles. The molecule has 2 heterocycles. The van der Waals surface area contributed by atoms with Crippen LogP contribution in [0.5, 0.6) is 0 Å². The highest BCUT2D eigenvalue weighted by Crippen LogP contribution is 2.44. The standard InChI is InChI=1S/C57H33N3O/c1-2-11-34(12-3-1)43-17-5-6-18-47(43)57-59-55(39-28-23-35(24-29-39)50-33-40-13-4-7-22-49(40)61-50)58-56(60-57)42-31-41-30-27-38-15-9-20-45-44-19-8-14-36-25-26-37-16-10-21-46(53(37)51(36)44)48(32-42)54(41)52(38)45/h1-33H. The maximum Gasteiger partial charge on any atom is 0.164 e. The number of furan rings is 1. The zero-order chi connectivity index (χ0) is 40.0. The van der Waals surface area contributed by atoms with Crippen molar-refractivity contribution in [3.8, 4) is 56.6 Å². The lowest BCUT2D eigenvalue weighted by Gasteiger charge is -2.17. The van der Waals surface area contributed by atoms with Gasteiger partial charge in [0.05, 0.1) is 0 Å². The predicted octanol–water partition coefficient (Wildman–Crippen LogP) is 15.3. The summed E-state index contributed by atoms with van der Waals surface area (Å²) in [5, 5.41) is 15.8. The molecule has 0 atom stereocenters. The molecule has 0 radical (unpaired) electrons. The molecule has 0 aliphatic rings. The van der Waals surface area contributed by atoms with Crippen LogP contribution < -0.4 is 0 Å². The Balaban J connectivity index is 1.09. The van der Waals surface area contributed by atoms with E-state index in [0.717, 1.165) is 55.5 Å². The molecule has 11 aromatic carbocycles. The predicted molar refractivity (Wildman–Crippen MR) is 253 cm³/mol. The van der Waals surface area contributed by atoms with E-state index in [4.69, 9.17) is 19.4 Å². The molecule has 0 unspecified atom stereocenters. The Kier molecular flexibility index (Phi) is 7.27. The van der Waals surface area contributed by atoms with Gasteiger partial charge in [-0.3, -0.25) is 0 Å². The number of fused-ring (bicyclic) bond motifs is 3. The minimum Gasteiger partial charge on any atom is -0.456 e. The fourth-order valence-electron chi connectivity index (χ4n) is 9.62. The molecule has 13 rings (SSSR count). The molecule has 0 bridgehead atoms. The molecule has 0 amide bonds. The van der Waals surface area contributed by atoms with E-state index in [1.807, 2.05) is 24.3 Å². The van der Waals surface area contributed by atoms with E-state index in [-0.39, 0.29) is 0 Å². The molecule has 0 aliphatic heterocycles. The van der Waals surface area contributed by atoms with E-state index >= 15 is 0 Å². The highest BCUT2D eigenvalue weighted by Gasteiger charge is 2.20. The highest BCUT2D eigenvalue weighted by atomic mass is 16.3. The summed E-state index contributed by atoms with van der Waals surface area (Å²) >= 11 is 0. The number of nitrogens with zero attached hydrogens (tertiary/aromatic N) is 3. The second kappa shape index (κ2) is 13.2. The van der Waals surface area contributed by atoms with Crippen LogP contribution in [0.1, 0.15) is 0 Å². The van der Waals surface area contributed by atoms with Gasteiger partial charge < -0.3 is 4.42 Å². The molecule has 0 N–H and O–H groups in total. The Morgan fingerprint density at radius 2 is 0.787 bits per heavy atom. The third kappa shape index (κ3) is 5.29. The van der Waals surface area contributed by atoms with Crippen molar-refractivity contribution in [2.24, 2.45) is 0 Å². The summed E-state index contributed by atoms with van der Waals surface area (Å²) in [5.41, 5.74) is 6.78. The fraction of sp³-hybridized carbons (Fsp3) is 0. The Hall–Kier alpha value is -8.21. The number of para-hydroxylation sites is 1. The molecule has 13 aromatic rings. The lowest BCUT2D eigenvalue weighted by molar-refractivity contribution is 0.631.